The average Bonchev–Trinajstić information content (AvgIpc) is 2.75. The molecule has 0 aliphatic heterocycles. The summed E-state index contributed by atoms with van der Waals surface area (Å²) < 4.78 is 11.1. The summed E-state index contributed by atoms with van der Waals surface area (Å²) in [6.07, 6.45) is 0. The monoisotopic (exact) mass is 424 g/mol. The molecule has 0 unspecified atom stereocenters. The predicted molar refractivity (Wildman–Crippen MR) is 120 cm³/mol. The van der Waals surface area contributed by atoms with Gasteiger partial charge in [0.2, 0.25) is 0 Å². The molecule has 5 nitrogen and oxygen atoms in total. The number of nitrogens with one attached hydrogen (secondary N) is 2. The summed E-state index contributed by atoms with van der Waals surface area (Å²) in [6, 6.07) is 21.0. The number of amides is 1. The van der Waals surface area contributed by atoms with Crippen molar-refractivity contribution in [2.45, 2.75) is 20.0 Å². The predicted octanol–water partition coefficient (Wildman–Crippen LogP) is 4.96. The maximum absolute atomic E-state index is 12.1. The van der Waals surface area contributed by atoms with Crippen LogP contribution < -0.4 is 20.1 Å². The Hall–Kier alpha value is -3.02. The van der Waals surface area contributed by atoms with E-state index in [1.165, 1.54) is 0 Å². The summed E-state index contributed by atoms with van der Waals surface area (Å²) in [4.78, 5) is 12.1. The van der Waals surface area contributed by atoms with Crippen LogP contribution in [0, 0.1) is 6.92 Å². The minimum atomic E-state index is -0.230. The van der Waals surface area contributed by atoms with Crippen LogP contribution in [0.2, 0.25) is 5.02 Å². The van der Waals surface area contributed by atoms with Crippen LogP contribution in [0.25, 0.3) is 0 Å². The van der Waals surface area contributed by atoms with E-state index in [4.69, 9.17) is 21.1 Å². The fourth-order valence-corrected chi connectivity index (χ4v) is 3.10. The minimum absolute atomic E-state index is 0.103. The van der Waals surface area contributed by atoms with Crippen molar-refractivity contribution in [3.05, 3.63) is 88.4 Å². The second-order valence-corrected chi connectivity index (χ2v) is 7.29. The maximum Gasteiger partial charge on any atom is 0.262 e. The van der Waals surface area contributed by atoms with Gasteiger partial charge in [0.05, 0.1) is 7.11 Å². The van der Waals surface area contributed by atoms with Crippen molar-refractivity contribution in [2.75, 3.05) is 19.0 Å². The summed E-state index contributed by atoms with van der Waals surface area (Å²) in [5, 5.41) is 6.92. The molecule has 0 saturated heterocycles. The van der Waals surface area contributed by atoms with Gasteiger partial charge in [-0.05, 0) is 48.4 Å². The Labute approximate surface area is 182 Å². The van der Waals surface area contributed by atoms with Crippen molar-refractivity contribution >= 4 is 23.2 Å². The van der Waals surface area contributed by atoms with Gasteiger partial charge in [-0.1, -0.05) is 53.6 Å². The molecular formula is C24H25ClN2O3. The molecule has 0 saturated carbocycles. The van der Waals surface area contributed by atoms with Crippen LogP contribution in [0.15, 0.2) is 66.7 Å². The van der Waals surface area contributed by atoms with Crippen LogP contribution in [0.1, 0.15) is 16.7 Å². The number of methoxy groups -OCH3 is 1. The molecule has 6 heteroatoms. The molecule has 156 valence electrons. The van der Waals surface area contributed by atoms with Gasteiger partial charge in [0.25, 0.3) is 5.91 Å². The first-order chi connectivity index (χ1) is 14.5. The number of anilines is 1. The molecule has 0 spiro atoms. The van der Waals surface area contributed by atoms with E-state index in [1.54, 1.807) is 7.11 Å². The molecule has 30 heavy (non-hydrogen) atoms. The molecule has 1 amide bonds. The van der Waals surface area contributed by atoms with E-state index in [0.717, 1.165) is 27.4 Å². The Morgan fingerprint density at radius 3 is 2.47 bits per heavy atom. The highest BCUT2D eigenvalue weighted by Crippen LogP contribution is 2.28. The largest absolute Gasteiger partial charge is 0.493 e. The standard InChI is InChI=1S/C24H25ClN2O3/c1-17-7-10-20(11-8-17)27-24(28)16-30-22-12-9-18(13-23(22)29-2)14-26-15-19-5-3-4-6-21(19)25/h3-13,26H,14-16H2,1-2H3,(H,27,28). The first-order valence-corrected chi connectivity index (χ1v) is 10.0. The second kappa shape index (κ2) is 10.7. The van der Waals surface area contributed by atoms with Crippen molar-refractivity contribution in [3.63, 3.8) is 0 Å². The normalized spacial score (nSPS) is 10.5. The lowest BCUT2D eigenvalue weighted by Crippen LogP contribution is -2.20. The number of hydrogen-bond acceptors (Lipinski definition) is 4. The van der Waals surface area contributed by atoms with E-state index >= 15 is 0 Å². The molecule has 3 aromatic carbocycles. The van der Waals surface area contributed by atoms with E-state index < -0.39 is 0 Å². The third kappa shape index (κ3) is 6.24. The summed E-state index contributed by atoms with van der Waals surface area (Å²) in [6.45, 7) is 3.21. The molecule has 0 atom stereocenters. The molecule has 0 aliphatic carbocycles. The Morgan fingerprint density at radius 2 is 1.73 bits per heavy atom. The zero-order valence-electron chi connectivity index (χ0n) is 17.1. The van der Waals surface area contributed by atoms with Gasteiger partial charge in [-0.2, -0.15) is 0 Å². The van der Waals surface area contributed by atoms with E-state index in [0.29, 0.717) is 24.6 Å². The van der Waals surface area contributed by atoms with Crippen LogP contribution in [-0.4, -0.2) is 19.6 Å². The molecule has 3 aromatic rings. The van der Waals surface area contributed by atoms with Crippen molar-refractivity contribution in [1.29, 1.82) is 0 Å². The van der Waals surface area contributed by atoms with Gasteiger partial charge in [0.1, 0.15) is 0 Å². The molecule has 0 radical (unpaired) electrons. The molecule has 2 N–H and O–H groups in total. The SMILES string of the molecule is COc1cc(CNCc2ccccc2Cl)ccc1OCC(=O)Nc1ccc(C)cc1. The van der Waals surface area contributed by atoms with Crippen molar-refractivity contribution in [1.82, 2.24) is 5.32 Å². The summed E-state index contributed by atoms with van der Waals surface area (Å²) >= 11 is 6.18. The van der Waals surface area contributed by atoms with E-state index in [1.807, 2.05) is 73.7 Å². The van der Waals surface area contributed by atoms with Gasteiger partial charge in [0, 0.05) is 23.8 Å². The maximum atomic E-state index is 12.1. The fourth-order valence-electron chi connectivity index (χ4n) is 2.90. The molecule has 0 bridgehead atoms. The first-order valence-electron chi connectivity index (χ1n) is 9.65. The zero-order chi connectivity index (χ0) is 21.3. The molecule has 0 heterocycles. The number of rotatable bonds is 9. The highest BCUT2D eigenvalue weighted by molar-refractivity contribution is 6.31. The number of carbonyl (C=O) groups is 1. The molecule has 0 aliphatic rings. The number of aryl methyl sites for hydroxylation is 1. The number of carbonyl (C=O) groups excluding carboxylic acids is 1. The average molecular weight is 425 g/mol. The lowest BCUT2D eigenvalue weighted by atomic mass is 10.2. The van der Waals surface area contributed by atoms with Gasteiger partial charge >= 0.3 is 0 Å². The Kier molecular flexibility index (Phi) is 7.71. The van der Waals surface area contributed by atoms with Gasteiger partial charge in [-0.3, -0.25) is 4.79 Å². The lowest BCUT2D eigenvalue weighted by molar-refractivity contribution is -0.118. The number of halogens is 1. The highest BCUT2D eigenvalue weighted by Gasteiger charge is 2.09. The van der Waals surface area contributed by atoms with Crippen LogP contribution in [0.5, 0.6) is 11.5 Å². The minimum Gasteiger partial charge on any atom is -0.493 e. The van der Waals surface area contributed by atoms with Gasteiger partial charge in [-0.25, -0.2) is 0 Å². The summed E-state index contributed by atoms with van der Waals surface area (Å²) in [5.74, 6) is 0.868. The number of ether oxygens (including phenoxy) is 2. The lowest BCUT2D eigenvalue weighted by Gasteiger charge is -2.13. The summed E-state index contributed by atoms with van der Waals surface area (Å²) in [5.41, 5.74) is 3.96. The van der Waals surface area contributed by atoms with Crippen molar-refractivity contribution < 1.29 is 14.3 Å². The quantitative estimate of drug-likeness (QED) is 0.509. The van der Waals surface area contributed by atoms with Crippen LogP contribution in [0.4, 0.5) is 5.69 Å². The van der Waals surface area contributed by atoms with Crippen molar-refractivity contribution in [3.8, 4) is 11.5 Å². The van der Waals surface area contributed by atoms with Gasteiger partial charge < -0.3 is 20.1 Å². The fraction of sp³-hybridized carbons (Fsp3) is 0.208. The van der Waals surface area contributed by atoms with Crippen LogP contribution in [0.3, 0.4) is 0 Å². The molecule has 0 fully saturated rings. The highest BCUT2D eigenvalue weighted by atomic mass is 35.5. The zero-order valence-corrected chi connectivity index (χ0v) is 17.8. The molecule has 0 aromatic heterocycles. The van der Waals surface area contributed by atoms with Crippen LogP contribution in [-0.2, 0) is 17.9 Å². The van der Waals surface area contributed by atoms with Gasteiger partial charge in [0.15, 0.2) is 18.1 Å². The first kappa shape index (κ1) is 21.7. The second-order valence-electron chi connectivity index (χ2n) is 6.88. The number of benzene rings is 3. The Bertz CT molecular complexity index is 990. The van der Waals surface area contributed by atoms with Gasteiger partial charge in [-0.15, -0.1) is 0 Å². The third-order valence-electron chi connectivity index (χ3n) is 4.52. The Balaban J connectivity index is 1.52. The Morgan fingerprint density at radius 1 is 0.967 bits per heavy atom. The van der Waals surface area contributed by atoms with Crippen LogP contribution >= 0.6 is 11.6 Å². The summed E-state index contributed by atoms with van der Waals surface area (Å²) in [7, 11) is 1.58. The topological polar surface area (TPSA) is 59.6 Å². The van der Waals surface area contributed by atoms with Crippen molar-refractivity contribution in [2.24, 2.45) is 0 Å². The molecule has 3 rings (SSSR count). The van der Waals surface area contributed by atoms with E-state index in [9.17, 15) is 4.79 Å². The smallest absolute Gasteiger partial charge is 0.262 e. The van der Waals surface area contributed by atoms with E-state index in [-0.39, 0.29) is 12.5 Å². The third-order valence-corrected chi connectivity index (χ3v) is 4.89. The van der Waals surface area contributed by atoms with E-state index in [2.05, 4.69) is 10.6 Å². The number of hydrogen-bond donors (Lipinski definition) is 2. The molecular weight excluding hydrogens is 400 g/mol.